The number of nitrogens with zero attached hydrogens (tertiary/aromatic N) is 1. The van der Waals surface area contributed by atoms with Crippen LogP contribution in [0.5, 0.6) is 0 Å². The molecule has 0 saturated heterocycles. The highest BCUT2D eigenvalue weighted by Gasteiger charge is 2.24. The Labute approximate surface area is 88.1 Å². The van der Waals surface area contributed by atoms with Gasteiger partial charge in [0.15, 0.2) is 0 Å². The molecule has 0 amide bonds. The number of hydrogen-bond acceptors (Lipinski definition) is 3. The summed E-state index contributed by atoms with van der Waals surface area (Å²) in [5.74, 6) is 0. The molecule has 0 rings (SSSR count). The zero-order valence-corrected chi connectivity index (χ0v) is 10.0. The van der Waals surface area contributed by atoms with Crippen molar-refractivity contribution in [1.82, 2.24) is 4.90 Å². The lowest BCUT2D eigenvalue weighted by atomic mass is 9.97. The third kappa shape index (κ3) is 4.94. The van der Waals surface area contributed by atoms with Gasteiger partial charge in [0.1, 0.15) is 0 Å². The van der Waals surface area contributed by atoms with E-state index in [1.54, 1.807) is 7.11 Å². The maximum atomic E-state index is 10.1. The minimum absolute atomic E-state index is 0.524. The van der Waals surface area contributed by atoms with Crippen LogP contribution in [0.3, 0.4) is 0 Å². The third-order valence-corrected chi connectivity index (χ3v) is 2.89. The average molecular weight is 203 g/mol. The summed E-state index contributed by atoms with van der Waals surface area (Å²) >= 11 is 0. The van der Waals surface area contributed by atoms with Gasteiger partial charge in [-0.25, -0.2) is 0 Å². The van der Waals surface area contributed by atoms with E-state index in [1.165, 1.54) is 0 Å². The first-order valence-electron chi connectivity index (χ1n) is 5.55. The molecule has 3 heteroatoms. The van der Waals surface area contributed by atoms with E-state index in [4.69, 9.17) is 4.74 Å². The van der Waals surface area contributed by atoms with E-state index in [0.29, 0.717) is 0 Å². The van der Waals surface area contributed by atoms with Crippen molar-refractivity contribution in [3.63, 3.8) is 0 Å². The van der Waals surface area contributed by atoms with E-state index in [1.807, 2.05) is 13.8 Å². The van der Waals surface area contributed by atoms with E-state index in [9.17, 15) is 5.11 Å². The fourth-order valence-corrected chi connectivity index (χ4v) is 1.46. The summed E-state index contributed by atoms with van der Waals surface area (Å²) in [6.45, 7) is 9.53. The van der Waals surface area contributed by atoms with Crippen molar-refractivity contribution in [1.29, 1.82) is 0 Å². The van der Waals surface area contributed by atoms with Gasteiger partial charge >= 0.3 is 0 Å². The van der Waals surface area contributed by atoms with Gasteiger partial charge in [0.05, 0.1) is 12.2 Å². The molecular formula is C11H25NO2. The van der Waals surface area contributed by atoms with Gasteiger partial charge in [-0.3, -0.25) is 4.90 Å². The lowest BCUT2D eigenvalue weighted by Gasteiger charge is -2.32. The molecule has 0 aliphatic heterocycles. The molecule has 0 aromatic heterocycles. The van der Waals surface area contributed by atoms with Crippen molar-refractivity contribution < 1.29 is 9.84 Å². The summed E-state index contributed by atoms with van der Waals surface area (Å²) in [5, 5.41) is 10.1. The Kier molecular flexibility index (Phi) is 7.15. The lowest BCUT2D eigenvalue weighted by molar-refractivity contribution is -0.00708. The highest BCUT2D eigenvalue weighted by atomic mass is 16.5. The molecule has 3 nitrogen and oxygen atoms in total. The maximum Gasteiger partial charge on any atom is 0.0768 e. The van der Waals surface area contributed by atoms with Crippen molar-refractivity contribution in [3.05, 3.63) is 0 Å². The molecule has 86 valence electrons. The van der Waals surface area contributed by atoms with Crippen LogP contribution in [-0.4, -0.2) is 49.0 Å². The predicted molar refractivity (Wildman–Crippen MR) is 59.5 cm³/mol. The Hall–Kier alpha value is -0.120. The Morgan fingerprint density at radius 2 is 1.79 bits per heavy atom. The predicted octanol–water partition coefficient (Wildman–Crippen LogP) is 1.51. The largest absolute Gasteiger partial charge is 0.389 e. The third-order valence-electron chi connectivity index (χ3n) is 2.89. The molecule has 0 heterocycles. The standard InChI is InChI=1S/C11H25NO2/c1-5-11(13,6-2)10-12(7-3)8-9-14-4/h13H,5-10H2,1-4H3. The van der Waals surface area contributed by atoms with Gasteiger partial charge in [-0.05, 0) is 19.4 Å². The fraction of sp³-hybridized carbons (Fsp3) is 1.00. The van der Waals surface area contributed by atoms with Gasteiger partial charge in [-0.2, -0.15) is 0 Å². The van der Waals surface area contributed by atoms with Crippen molar-refractivity contribution in [2.45, 2.75) is 39.2 Å². The van der Waals surface area contributed by atoms with Crippen LogP contribution in [0.25, 0.3) is 0 Å². The van der Waals surface area contributed by atoms with Crippen LogP contribution in [0.2, 0.25) is 0 Å². The summed E-state index contributed by atoms with van der Waals surface area (Å²) in [5.41, 5.74) is -0.524. The van der Waals surface area contributed by atoms with Gasteiger partial charge in [0, 0.05) is 20.2 Å². The molecule has 0 aliphatic carbocycles. The molecular weight excluding hydrogens is 178 g/mol. The number of rotatable bonds is 8. The van der Waals surface area contributed by atoms with Crippen LogP contribution < -0.4 is 0 Å². The first-order valence-corrected chi connectivity index (χ1v) is 5.55. The van der Waals surface area contributed by atoms with Gasteiger partial charge in [0.2, 0.25) is 0 Å². The summed E-state index contributed by atoms with van der Waals surface area (Å²) in [6, 6.07) is 0. The first kappa shape index (κ1) is 13.9. The highest BCUT2D eigenvalue weighted by Crippen LogP contribution is 2.16. The van der Waals surface area contributed by atoms with Gasteiger partial charge in [-0.1, -0.05) is 20.8 Å². The lowest BCUT2D eigenvalue weighted by Crippen LogP contribution is -2.43. The van der Waals surface area contributed by atoms with E-state index < -0.39 is 5.60 Å². The minimum Gasteiger partial charge on any atom is -0.389 e. The SMILES string of the molecule is CCN(CCOC)CC(O)(CC)CC. The van der Waals surface area contributed by atoms with Gasteiger partial charge in [-0.15, -0.1) is 0 Å². The van der Waals surface area contributed by atoms with Crippen molar-refractivity contribution in [2.75, 3.05) is 33.4 Å². The Morgan fingerprint density at radius 1 is 1.21 bits per heavy atom. The maximum absolute atomic E-state index is 10.1. The molecule has 0 aromatic carbocycles. The molecule has 0 unspecified atom stereocenters. The Balaban J connectivity index is 4.00. The summed E-state index contributed by atoms with van der Waals surface area (Å²) < 4.78 is 5.03. The first-order chi connectivity index (χ1) is 6.61. The number of methoxy groups -OCH3 is 1. The Bertz CT molecular complexity index is 135. The summed E-state index contributed by atoms with van der Waals surface area (Å²) in [7, 11) is 1.71. The molecule has 0 bridgehead atoms. The van der Waals surface area contributed by atoms with E-state index in [0.717, 1.165) is 39.1 Å². The molecule has 14 heavy (non-hydrogen) atoms. The van der Waals surface area contributed by atoms with E-state index in [-0.39, 0.29) is 0 Å². The molecule has 0 saturated carbocycles. The average Bonchev–Trinajstić information content (AvgIpc) is 2.23. The van der Waals surface area contributed by atoms with Crippen molar-refractivity contribution in [2.24, 2.45) is 0 Å². The minimum atomic E-state index is -0.524. The normalized spacial score (nSPS) is 12.4. The molecule has 1 N–H and O–H groups in total. The second-order valence-corrected chi connectivity index (χ2v) is 3.79. The van der Waals surface area contributed by atoms with E-state index >= 15 is 0 Å². The molecule has 0 atom stereocenters. The fourth-order valence-electron chi connectivity index (χ4n) is 1.46. The van der Waals surface area contributed by atoms with Crippen LogP contribution in [0.4, 0.5) is 0 Å². The number of aliphatic hydroxyl groups is 1. The van der Waals surface area contributed by atoms with Gasteiger partial charge in [0.25, 0.3) is 0 Å². The van der Waals surface area contributed by atoms with Crippen LogP contribution >= 0.6 is 0 Å². The molecule has 0 aliphatic rings. The quantitative estimate of drug-likeness (QED) is 0.649. The second kappa shape index (κ2) is 7.21. The Morgan fingerprint density at radius 3 is 2.14 bits per heavy atom. The molecule has 0 radical (unpaired) electrons. The number of likely N-dealkylation sites (N-methyl/N-ethyl adjacent to an activating group) is 1. The van der Waals surface area contributed by atoms with Crippen LogP contribution in [-0.2, 0) is 4.74 Å². The van der Waals surface area contributed by atoms with E-state index in [2.05, 4.69) is 11.8 Å². The van der Waals surface area contributed by atoms with Crippen LogP contribution in [0.1, 0.15) is 33.6 Å². The smallest absolute Gasteiger partial charge is 0.0768 e. The van der Waals surface area contributed by atoms with Crippen LogP contribution in [0, 0.1) is 0 Å². The van der Waals surface area contributed by atoms with Crippen molar-refractivity contribution in [3.8, 4) is 0 Å². The highest BCUT2D eigenvalue weighted by molar-refractivity contribution is 4.79. The summed E-state index contributed by atoms with van der Waals surface area (Å²) in [4.78, 5) is 2.23. The zero-order chi connectivity index (χ0) is 11.0. The zero-order valence-electron chi connectivity index (χ0n) is 10.0. The second-order valence-electron chi connectivity index (χ2n) is 3.79. The topological polar surface area (TPSA) is 32.7 Å². The molecule has 0 aromatic rings. The monoisotopic (exact) mass is 203 g/mol. The number of hydrogen-bond donors (Lipinski definition) is 1. The molecule has 0 fully saturated rings. The van der Waals surface area contributed by atoms with Gasteiger partial charge < -0.3 is 9.84 Å². The van der Waals surface area contributed by atoms with Crippen LogP contribution in [0.15, 0.2) is 0 Å². The summed E-state index contributed by atoms with van der Waals surface area (Å²) in [6.07, 6.45) is 1.62. The van der Waals surface area contributed by atoms with Crippen molar-refractivity contribution >= 4 is 0 Å². The number of ether oxygens (including phenoxy) is 1. The molecule has 0 spiro atoms.